The summed E-state index contributed by atoms with van der Waals surface area (Å²) in [6, 6.07) is 7.86. The summed E-state index contributed by atoms with van der Waals surface area (Å²) in [4.78, 5) is 32.1. The molecule has 0 unspecified atom stereocenters. The fourth-order valence-corrected chi connectivity index (χ4v) is 5.67. The molecule has 1 aliphatic rings. The average Bonchev–Trinajstić information content (AvgIpc) is 3.08. The molecule has 7 heteroatoms. The molecule has 0 fully saturated rings. The van der Waals surface area contributed by atoms with E-state index >= 15 is 0 Å². The lowest BCUT2D eigenvalue weighted by molar-refractivity contribution is -0.113. The van der Waals surface area contributed by atoms with Gasteiger partial charge in [0.25, 0.3) is 5.56 Å². The summed E-state index contributed by atoms with van der Waals surface area (Å²) in [5.74, 6) is 0.116. The van der Waals surface area contributed by atoms with Crippen LogP contribution >= 0.6 is 23.1 Å². The number of carbonyl (C=O) groups is 1. The lowest BCUT2D eigenvalue weighted by atomic mass is 9.97. The minimum Gasteiger partial charge on any atom is -0.325 e. The van der Waals surface area contributed by atoms with Crippen LogP contribution in [0.5, 0.6) is 0 Å². The first-order valence-electron chi connectivity index (χ1n) is 9.59. The normalized spacial score (nSPS) is 13.5. The highest BCUT2D eigenvalue weighted by atomic mass is 32.2. The zero-order valence-electron chi connectivity index (χ0n) is 16.1. The van der Waals surface area contributed by atoms with E-state index in [1.165, 1.54) is 34.2 Å². The second-order valence-electron chi connectivity index (χ2n) is 7.04. The molecule has 1 aliphatic carbocycles. The summed E-state index contributed by atoms with van der Waals surface area (Å²) < 4.78 is 1.58. The van der Waals surface area contributed by atoms with Gasteiger partial charge in [0, 0.05) is 17.6 Å². The summed E-state index contributed by atoms with van der Waals surface area (Å²) in [6.07, 6.45) is 5.26. The molecule has 4 rings (SSSR count). The third kappa shape index (κ3) is 3.73. The number of amides is 1. The number of anilines is 1. The van der Waals surface area contributed by atoms with Crippen LogP contribution in [0, 0.1) is 0 Å². The Kier molecular flexibility index (Phi) is 5.55. The van der Waals surface area contributed by atoms with Gasteiger partial charge in [0.1, 0.15) is 4.83 Å². The Morgan fingerprint density at radius 1 is 1.32 bits per heavy atom. The lowest BCUT2D eigenvalue weighted by Gasteiger charge is -2.11. The van der Waals surface area contributed by atoms with Crippen molar-refractivity contribution < 1.29 is 4.79 Å². The third-order valence-electron chi connectivity index (χ3n) is 5.11. The van der Waals surface area contributed by atoms with Gasteiger partial charge in [-0.05, 0) is 55.4 Å². The molecule has 1 N–H and O–H groups in total. The zero-order valence-corrected chi connectivity index (χ0v) is 17.7. The van der Waals surface area contributed by atoms with E-state index in [0.717, 1.165) is 41.6 Å². The molecule has 3 aromatic rings. The molecule has 0 bridgehead atoms. The molecule has 0 atom stereocenters. The third-order valence-corrected chi connectivity index (χ3v) is 7.32. The van der Waals surface area contributed by atoms with Crippen LogP contribution in [-0.4, -0.2) is 21.2 Å². The first-order chi connectivity index (χ1) is 13.6. The van der Waals surface area contributed by atoms with Gasteiger partial charge < -0.3 is 5.32 Å². The minimum atomic E-state index is -0.0990. The molecule has 5 nitrogen and oxygen atoms in total. The van der Waals surface area contributed by atoms with Crippen molar-refractivity contribution in [1.82, 2.24) is 9.55 Å². The van der Waals surface area contributed by atoms with Crippen molar-refractivity contribution in [1.29, 1.82) is 0 Å². The van der Waals surface area contributed by atoms with E-state index in [1.807, 2.05) is 24.3 Å². The highest BCUT2D eigenvalue weighted by Crippen LogP contribution is 2.34. The van der Waals surface area contributed by atoms with Gasteiger partial charge in [0.2, 0.25) is 5.91 Å². The molecule has 0 spiro atoms. The molecule has 0 radical (unpaired) electrons. The van der Waals surface area contributed by atoms with Gasteiger partial charge in [-0.3, -0.25) is 14.2 Å². The van der Waals surface area contributed by atoms with Gasteiger partial charge in [-0.2, -0.15) is 0 Å². The van der Waals surface area contributed by atoms with Crippen LogP contribution in [0.3, 0.4) is 0 Å². The fraction of sp³-hybridized carbons (Fsp3) is 0.381. The number of rotatable bonds is 5. The van der Waals surface area contributed by atoms with E-state index in [4.69, 9.17) is 4.98 Å². The van der Waals surface area contributed by atoms with Crippen molar-refractivity contribution in [2.75, 3.05) is 11.1 Å². The number of nitrogens with zero attached hydrogens (tertiary/aromatic N) is 2. The van der Waals surface area contributed by atoms with Crippen molar-refractivity contribution in [3.05, 3.63) is 50.6 Å². The predicted molar refractivity (Wildman–Crippen MR) is 117 cm³/mol. The summed E-state index contributed by atoms with van der Waals surface area (Å²) in [6.45, 7) is 2.08. The number of hydrogen-bond donors (Lipinski definition) is 1. The second kappa shape index (κ2) is 8.09. The maximum Gasteiger partial charge on any atom is 0.262 e. The molecule has 2 aromatic heterocycles. The monoisotopic (exact) mass is 413 g/mol. The standard InChI is InChI=1S/C21H23N3O2S2/c1-3-13-7-6-8-14(11-13)22-17(25)12-27-21-23-19-18(20(26)24(21)2)15-9-4-5-10-16(15)28-19/h6-8,11H,3-5,9-10,12H2,1-2H3,(H,22,25). The van der Waals surface area contributed by atoms with Gasteiger partial charge in [0.15, 0.2) is 5.16 Å². The first-order valence-corrected chi connectivity index (χ1v) is 11.4. The molecule has 28 heavy (non-hydrogen) atoms. The lowest BCUT2D eigenvalue weighted by Crippen LogP contribution is -2.22. The van der Waals surface area contributed by atoms with E-state index in [-0.39, 0.29) is 17.2 Å². The molecule has 2 heterocycles. The van der Waals surface area contributed by atoms with Crippen molar-refractivity contribution in [3.63, 3.8) is 0 Å². The van der Waals surface area contributed by atoms with Crippen LogP contribution < -0.4 is 10.9 Å². The second-order valence-corrected chi connectivity index (χ2v) is 9.07. The topological polar surface area (TPSA) is 64.0 Å². The van der Waals surface area contributed by atoms with Gasteiger partial charge in [-0.25, -0.2) is 4.98 Å². The average molecular weight is 414 g/mol. The number of hydrogen-bond acceptors (Lipinski definition) is 5. The number of carbonyl (C=O) groups excluding carboxylic acids is 1. The van der Waals surface area contributed by atoms with E-state index < -0.39 is 0 Å². The Bertz CT molecular complexity index is 1100. The highest BCUT2D eigenvalue weighted by Gasteiger charge is 2.21. The minimum absolute atomic E-state index is 0.00274. The van der Waals surface area contributed by atoms with Crippen molar-refractivity contribution >= 4 is 44.9 Å². The Hall–Kier alpha value is -2.12. The molecule has 146 valence electrons. The molecule has 0 saturated heterocycles. The number of thiophene rings is 1. The Morgan fingerprint density at radius 3 is 2.96 bits per heavy atom. The van der Waals surface area contributed by atoms with Crippen LogP contribution in [0.2, 0.25) is 0 Å². The number of thioether (sulfide) groups is 1. The summed E-state index contributed by atoms with van der Waals surface area (Å²) in [7, 11) is 1.74. The van der Waals surface area contributed by atoms with Gasteiger partial charge >= 0.3 is 0 Å². The van der Waals surface area contributed by atoms with Crippen molar-refractivity contribution in [2.45, 2.75) is 44.2 Å². The largest absolute Gasteiger partial charge is 0.325 e. The maximum atomic E-state index is 12.9. The molecular weight excluding hydrogens is 390 g/mol. The number of fused-ring (bicyclic) bond motifs is 3. The number of nitrogens with one attached hydrogen (secondary N) is 1. The van der Waals surface area contributed by atoms with Crippen LogP contribution in [0.1, 0.15) is 35.8 Å². The SMILES string of the molecule is CCc1cccc(NC(=O)CSc2nc3sc4c(c3c(=O)n2C)CCCC4)c1. The summed E-state index contributed by atoms with van der Waals surface area (Å²) >= 11 is 2.95. The maximum absolute atomic E-state index is 12.9. The predicted octanol–water partition coefficient (Wildman–Crippen LogP) is 4.17. The van der Waals surface area contributed by atoms with Gasteiger partial charge in [-0.15, -0.1) is 11.3 Å². The zero-order chi connectivity index (χ0) is 19.7. The van der Waals surface area contributed by atoms with E-state index in [2.05, 4.69) is 12.2 Å². The van der Waals surface area contributed by atoms with E-state index in [0.29, 0.717) is 5.16 Å². The number of aromatic nitrogens is 2. The number of benzene rings is 1. The summed E-state index contributed by atoms with van der Waals surface area (Å²) in [5.41, 5.74) is 3.18. The van der Waals surface area contributed by atoms with Crippen LogP contribution in [0.25, 0.3) is 10.2 Å². The molecule has 1 aromatic carbocycles. The summed E-state index contributed by atoms with van der Waals surface area (Å²) in [5, 5.41) is 4.30. The van der Waals surface area contributed by atoms with Crippen LogP contribution in [-0.2, 0) is 31.1 Å². The Morgan fingerprint density at radius 2 is 2.14 bits per heavy atom. The molecule has 1 amide bonds. The van der Waals surface area contributed by atoms with Crippen molar-refractivity contribution in [2.24, 2.45) is 7.05 Å². The Balaban J connectivity index is 1.52. The van der Waals surface area contributed by atoms with E-state index in [9.17, 15) is 9.59 Å². The quantitative estimate of drug-likeness (QED) is 0.504. The Labute approximate surface area is 172 Å². The molecule has 0 saturated carbocycles. The molecular formula is C21H23N3O2S2. The number of aryl methyl sites for hydroxylation is 3. The smallest absolute Gasteiger partial charge is 0.262 e. The van der Waals surface area contributed by atoms with Gasteiger partial charge in [-0.1, -0.05) is 30.8 Å². The fourth-order valence-electron chi connectivity index (χ4n) is 3.59. The highest BCUT2D eigenvalue weighted by molar-refractivity contribution is 7.99. The van der Waals surface area contributed by atoms with Crippen molar-refractivity contribution in [3.8, 4) is 0 Å². The van der Waals surface area contributed by atoms with Crippen LogP contribution in [0.4, 0.5) is 5.69 Å². The first kappa shape index (κ1) is 19.2. The van der Waals surface area contributed by atoms with E-state index in [1.54, 1.807) is 23.0 Å². The van der Waals surface area contributed by atoms with Crippen LogP contribution in [0.15, 0.2) is 34.2 Å². The molecule has 0 aliphatic heterocycles. The van der Waals surface area contributed by atoms with Gasteiger partial charge in [0.05, 0.1) is 11.1 Å².